The molecule has 0 radical (unpaired) electrons. The third-order valence-electron chi connectivity index (χ3n) is 1.00. The molecule has 0 saturated carbocycles. The predicted octanol–water partition coefficient (Wildman–Crippen LogP) is -0.162. The fourth-order valence-corrected chi connectivity index (χ4v) is 0.666. The lowest BCUT2D eigenvalue weighted by molar-refractivity contribution is -0.487. The fourth-order valence-electron chi connectivity index (χ4n) is 0.526. The van der Waals surface area contributed by atoms with Crippen LogP contribution in [-0.4, -0.2) is 28.4 Å². The summed E-state index contributed by atoms with van der Waals surface area (Å²) in [5.41, 5.74) is 0. The van der Waals surface area contributed by atoms with Gasteiger partial charge >= 0.3 is 11.9 Å². The summed E-state index contributed by atoms with van der Waals surface area (Å²) >= 11 is 5.19. The molecule has 1 aliphatic rings. The topological polar surface area (TPSA) is 84.9 Å². The molecule has 0 saturated heterocycles. The maximum atomic E-state index is 10.6. The van der Waals surface area contributed by atoms with Crippen LogP contribution in [-0.2, 0) is 4.79 Å². The average molecular weight is 176 g/mol. The van der Waals surface area contributed by atoms with Gasteiger partial charge in [-0.2, -0.15) is 4.99 Å². The molecule has 0 aromatic carbocycles. The molecule has 58 valence electrons. The number of nitrogens with zero attached hydrogens (tertiary/aromatic N) is 3. The van der Waals surface area contributed by atoms with E-state index in [4.69, 9.17) is 11.6 Å². The van der Waals surface area contributed by atoms with Crippen LogP contribution >= 0.6 is 11.6 Å². The molecular weight excluding hydrogens is 174 g/mol. The van der Waals surface area contributed by atoms with Crippen LogP contribution in [0.25, 0.3) is 0 Å². The van der Waals surface area contributed by atoms with Crippen molar-refractivity contribution in [1.29, 1.82) is 0 Å². The first-order valence-electron chi connectivity index (χ1n) is 2.57. The molecule has 0 aliphatic carbocycles. The van der Waals surface area contributed by atoms with Gasteiger partial charge in [-0.1, -0.05) is 0 Å². The molecule has 0 bridgehead atoms. The maximum Gasteiger partial charge on any atom is 0.329 e. The number of nitro groups is 1. The number of hydrogen-bond donors (Lipinski definition) is 0. The molecule has 1 aliphatic heterocycles. The molecule has 1 amide bonds. The van der Waals surface area contributed by atoms with Crippen LogP contribution in [0.5, 0.6) is 0 Å². The Kier molecular flexibility index (Phi) is 1.95. The van der Waals surface area contributed by atoms with Crippen LogP contribution < -0.4 is 0 Å². The van der Waals surface area contributed by atoms with E-state index in [0.29, 0.717) is 0 Å². The average Bonchev–Trinajstić information content (AvgIpc) is 1.85. The normalized spacial score (nSPS) is 23.2. The summed E-state index contributed by atoms with van der Waals surface area (Å²) in [5.74, 6) is -0.894. The van der Waals surface area contributed by atoms with Crippen molar-refractivity contribution in [2.24, 2.45) is 9.98 Å². The van der Waals surface area contributed by atoms with E-state index in [1.54, 1.807) is 0 Å². The highest BCUT2D eigenvalue weighted by Crippen LogP contribution is 2.01. The Bertz CT molecular complexity index is 272. The molecule has 0 aromatic heterocycles. The van der Waals surface area contributed by atoms with Crippen molar-refractivity contribution >= 4 is 29.0 Å². The van der Waals surface area contributed by atoms with Gasteiger partial charge in [0.25, 0.3) is 0 Å². The molecule has 1 rings (SSSR count). The largest absolute Gasteiger partial charge is 0.329 e. The Hall–Kier alpha value is -1.30. The van der Waals surface area contributed by atoms with Gasteiger partial charge < -0.3 is 0 Å². The minimum Gasteiger partial charge on any atom is -0.264 e. The van der Waals surface area contributed by atoms with E-state index in [1.165, 1.54) is 0 Å². The van der Waals surface area contributed by atoms with Crippen LogP contribution in [0.3, 0.4) is 0 Å². The van der Waals surface area contributed by atoms with Gasteiger partial charge in [-0.25, -0.2) is 4.99 Å². The summed E-state index contributed by atoms with van der Waals surface area (Å²) in [6, 6.07) is -1.47. The second-order valence-corrected chi connectivity index (χ2v) is 2.07. The van der Waals surface area contributed by atoms with E-state index in [0.717, 1.165) is 6.21 Å². The number of halogens is 1. The Morgan fingerprint density at radius 3 is 2.82 bits per heavy atom. The van der Waals surface area contributed by atoms with E-state index < -0.39 is 16.9 Å². The number of amidine groups is 1. The lowest BCUT2D eigenvalue weighted by Crippen LogP contribution is -2.32. The van der Waals surface area contributed by atoms with Crippen LogP contribution in [0.4, 0.5) is 0 Å². The van der Waals surface area contributed by atoms with Crippen LogP contribution in [0.1, 0.15) is 0 Å². The molecule has 1 unspecified atom stereocenters. The molecule has 0 fully saturated rings. The smallest absolute Gasteiger partial charge is 0.264 e. The van der Waals surface area contributed by atoms with Crippen molar-refractivity contribution in [3.8, 4) is 0 Å². The van der Waals surface area contributed by atoms with Gasteiger partial charge in [-0.3, -0.25) is 14.9 Å². The van der Waals surface area contributed by atoms with Crippen LogP contribution in [0.15, 0.2) is 9.98 Å². The number of carbonyl (C=O) groups is 1. The first kappa shape index (κ1) is 7.80. The molecule has 1 heterocycles. The zero-order chi connectivity index (χ0) is 8.43. The summed E-state index contributed by atoms with van der Waals surface area (Å²) in [6.07, 6.45) is 0.859. The lowest BCUT2D eigenvalue weighted by Gasteiger charge is -2.02. The summed E-state index contributed by atoms with van der Waals surface area (Å²) in [7, 11) is 0. The molecule has 0 N–H and O–H groups in total. The minimum absolute atomic E-state index is 0.270. The summed E-state index contributed by atoms with van der Waals surface area (Å²) in [6.45, 7) is 0. The van der Waals surface area contributed by atoms with Gasteiger partial charge in [0.2, 0.25) is 5.29 Å². The quantitative estimate of drug-likeness (QED) is 0.315. The van der Waals surface area contributed by atoms with Crippen molar-refractivity contribution in [3.63, 3.8) is 0 Å². The Morgan fingerprint density at radius 1 is 1.73 bits per heavy atom. The van der Waals surface area contributed by atoms with Crippen molar-refractivity contribution in [1.82, 2.24) is 0 Å². The van der Waals surface area contributed by atoms with Crippen molar-refractivity contribution in [2.45, 2.75) is 6.04 Å². The number of carbonyl (C=O) groups excluding carboxylic acids is 1. The van der Waals surface area contributed by atoms with Gasteiger partial charge in [-0.15, -0.1) is 0 Å². The molecule has 6 nitrogen and oxygen atoms in total. The highest BCUT2D eigenvalue weighted by Gasteiger charge is 2.30. The summed E-state index contributed by atoms with van der Waals surface area (Å²) in [4.78, 5) is 26.3. The maximum absolute atomic E-state index is 10.6. The number of hydrogen-bond acceptors (Lipinski definition) is 4. The molecule has 11 heavy (non-hydrogen) atoms. The standard InChI is InChI=1S/C4H2ClN3O3/c5-4-6-1-2(8(10)11)3(9)7-4/h1-2H. The van der Waals surface area contributed by atoms with E-state index in [1.807, 2.05) is 0 Å². The summed E-state index contributed by atoms with van der Waals surface area (Å²) in [5, 5.41) is 9.78. The van der Waals surface area contributed by atoms with Crippen molar-refractivity contribution in [3.05, 3.63) is 10.1 Å². The lowest BCUT2D eigenvalue weighted by atomic mass is 10.3. The van der Waals surface area contributed by atoms with Crippen molar-refractivity contribution < 1.29 is 9.72 Å². The Balaban J connectivity index is 2.86. The summed E-state index contributed by atoms with van der Waals surface area (Å²) < 4.78 is 0. The predicted molar refractivity (Wildman–Crippen MR) is 37.6 cm³/mol. The fraction of sp³-hybridized carbons (Fsp3) is 0.250. The SMILES string of the molecule is O=C1N=C(Cl)N=CC1[N+](=O)[O-]. The number of amides is 1. The van der Waals surface area contributed by atoms with E-state index in [9.17, 15) is 14.9 Å². The monoisotopic (exact) mass is 175 g/mol. The third-order valence-corrected chi connectivity index (χ3v) is 1.19. The van der Waals surface area contributed by atoms with E-state index in [-0.39, 0.29) is 5.29 Å². The van der Waals surface area contributed by atoms with Crippen LogP contribution in [0.2, 0.25) is 0 Å². The molecule has 0 aromatic rings. The Labute approximate surface area is 65.7 Å². The van der Waals surface area contributed by atoms with Gasteiger partial charge in [0.1, 0.15) is 0 Å². The molecule has 7 heteroatoms. The van der Waals surface area contributed by atoms with E-state index >= 15 is 0 Å². The highest BCUT2D eigenvalue weighted by atomic mass is 35.5. The Morgan fingerprint density at radius 2 is 2.36 bits per heavy atom. The second-order valence-electron chi connectivity index (χ2n) is 1.73. The first-order valence-corrected chi connectivity index (χ1v) is 2.95. The molecular formula is C4H2ClN3O3. The van der Waals surface area contributed by atoms with Crippen molar-refractivity contribution in [2.75, 3.05) is 0 Å². The minimum atomic E-state index is -1.47. The highest BCUT2D eigenvalue weighted by molar-refractivity contribution is 6.66. The van der Waals surface area contributed by atoms with E-state index in [2.05, 4.69) is 9.98 Å². The number of rotatable bonds is 1. The third kappa shape index (κ3) is 1.58. The van der Waals surface area contributed by atoms with Gasteiger partial charge in [0, 0.05) is 4.92 Å². The van der Waals surface area contributed by atoms with Gasteiger partial charge in [0.05, 0.1) is 6.21 Å². The second kappa shape index (κ2) is 2.75. The van der Waals surface area contributed by atoms with Gasteiger partial charge in [0.15, 0.2) is 0 Å². The first-order chi connectivity index (χ1) is 5.11. The molecule has 0 spiro atoms. The van der Waals surface area contributed by atoms with Crippen LogP contribution in [0, 0.1) is 10.1 Å². The number of aliphatic imine (C=N–C) groups is 2. The zero-order valence-corrected chi connectivity index (χ0v) is 5.85. The molecule has 1 atom stereocenters. The van der Waals surface area contributed by atoms with Gasteiger partial charge in [-0.05, 0) is 11.6 Å². The zero-order valence-electron chi connectivity index (χ0n) is 5.10.